The lowest BCUT2D eigenvalue weighted by Crippen LogP contribution is -2.28. The van der Waals surface area contributed by atoms with E-state index in [1.54, 1.807) is 7.11 Å². The number of nitrogens with one attached hydrogen (secondary N) is 1. The molecule has 0 aliphatic rings. The molecule has 1 amide bonds. The molecule has 1 N–H and O–H groups in total. The van der Waals surface area contributed by atoms with Crippen LogP contribution in [-0.4, -0.2) is 26.2 Å². The van der Waals surface area contributed by atoms with E-state index >= 15 is 0 Å². The topological polar surface area (TPSA) is 47.6 Å². The summed E-state index contributed by atoms with van der Waals surface area (Å²) in [5.41, 5.74) is 2.64. The molecule has 140 valence electrons. The summed E-state index contributed by atoms with van der Waals surface area (Å²) in [5.74, 6) is 1.60. The van der Waals surface area contributed by atoms with Crippen molar-refractivity contribution < 1.29 is 14.3 Å². The Morgan fingerprint density at radius 3 is 2.15 bits per heavy atom. The number of carbonyl (C=O) groups excluding carboxylic acids is 1. The van der Waals surface area contributed by atoms with E-state index in [1.807, 2.05) is 24.3 Å². The molecule has 0 saturated carbocycles. The van der Waals surface area contributed by atoms with E-state index in [0.29, 0.717) is 19.6 Å². The van der Waals surface area contributed by atoms with Crippen LogP contribution in [0.4, 0.5) is 0 Å². The summed E-state index contributed by atoms with van der Waals surface area (Å²) in [6.07, 6.45) is 1.23. The minimum Gasteiger partial charge on any atom is -0.497 e. The number of benzene rings is 2. The van der Waals surface area contributed by atoms with Crippen molar-refractivity contribution in [2.75, 3.05) is 20.3 Å². The molecule has 0 fully saturated rings. The van der Waals surface area contributed by atoms with Gasteiger partial charge in [0.1, 0.15) is 18.1 Å². The van der Waals surface area contributed by atoms with E-state index < -0.39 is 0 Å². The number of methoxy groups -OCH3 is 1. The third-order valence-corrected chi connectivity index (χ3v) is 4.21. The predicted molar refractivity (Wildman–Crippen MR) is 105 cm³/mol. The van der Waals surface area contributed by atoms with Crippen LogP contribution >= 0.6 is 0 Å². The SMILES string of the molecule is COc1ccc(OCCNC(=O)CCc2ccc(C(C)(C)C)cc2)cc1. The summed E-state index contributed by atoms with van der Waals surface area (Å²) in [7, 11) is 1.63. The van der Waals surface area contributed by atoms with Crippen molar-refractivity contribution in [3.63, 3.8) is 0 Å². The first-order valence-corrected chi connectivity index (χ1v) is 9.01. The summed E-state index contributed by atoms with van der Waals surface area (Å²) >= 11 is 0. The number of hydrogen-bond acceptors (Lipinski definition) is 3. The van der Waals surface area contributed by atoms with Gasteiger partial charge in [0.2, 0.25) is 5.91 Å². The molecule has 26 heavy (non-hydrogen) atoms. The van der Waals surface area contributed by atoms with Gasteiger partial charge in [-0.1, -0.05) is 45.0 Å². The Bertz CT molecular complexity index is 685. The molecule has 2 aromatic carbocycles. The zero-order chi connectivity index (χ0) is 19.0. The molecule has 4 heteroatoms. The Labute approximate surface area is 156 Å². The van der Waals surface area contributed by atoms with Crippen LogP contribution in [0.3, 0.4) is 0 Å². The molecule has 0 radical (unpaired) electrons. The quantitative estimate of drug-likeness (QED) is 0.725. The number of ether oxygens (including phenoxy) is 2. The highest BCUT2D eigenvalue weighted by molar-refractivity contribution is 5.76. The maximum absolute atomic E-state index is 12.0. The first kappa shape index (κ1) is 19.8. The lowest BCUT2D eigenvalue weighted by molar-refractivity contribution is -0.121. The summed E-state index contributed by atoms with van der Waals surface area (Å²) < 4.78 is 10.7. The van der Waals surface area contributed by atoms with Crippen LogP contribution < -0.4 is 14.8 Å². The van der Waals surface area contributed by atoms with Crippen LogP contribution in [0.2, 0.25) is 0 Å². The van der Waals surface area contributed by atoms with Crippen LogP contribution in [0, 0.1) is 0 Å². The normalized spacial score (nSPS) is 11.1. The number of amides is 1. The Balaban J connectivity index is 1.65. The van der Waals surface area contributed by atoms with Gasteiger partial charge in [0.25, 0.3) is 0 Å². The van der Waals surface area contributed by atoms with Gasteiger partial charge in [0.15, 0.2) is 0 Å². The van der Waals surface area contributed by atoms with E-state index in [1.165, 1.54) is 11.1 Å². The zero-order valence-electron chi connectivity index (χ0n) is 16.2. The fourth-order valence-electron chi connectivity index (χ4n) is 2.55. The average Bonchev–Trinajstić information content (AvgIpc) is 2.63. The predicted octanol–water partition coefficient (Wildman–Crippen LogP) is 4.12. The second-order valence-corrected chi connectivity index (χ2v) is 7.32. The fourth-order valence-corrected chi connectivity index (χ4v) is 2.55. The molecule has 0 saturated heterocycles. The van der Waals surface area contributed by atoms with Crippen molar-refractivity contribution in [3.8, 4) is 11.5 Å². The van der Waals surface area contributed by atoms with Crippen molar-refractivity contribution in [1.82, 2.24) is 5.32 Å². The van der Waals surface area contributed by atoms with Gasteiger partial charge < -0.3 is 14.8 Å². The van der Waals surface area contributed by atoms with Crippen LogP contribution in [0.5, 0.6) is 11.5 Å². The highest BCUT2D eigenvalue weighted by atomic mass is 16.5. The average molecular weight is 355 g/mol. The van der Waals surface area contributed by atoms with Crippen LogP contribution in [-0.2, 0) is 16.6 Å². The van der Waals surface area contributed by atoms with Gasteiger partial charge in [-0.25, -0.2) is 0 Å². The maximum Gasteiger partial charge on any atom is 0.220 e. The summed E-state index contributed by atoms with van der Waals surface area (Å²) in [6, 6.07) is 15.9. The first-order chi connectivity index (χ1) is 12.4. The van der Waals surface area contributed by atoms with E-state index in [2.05, 4.69) is 50.4 Å². The first-order valence-electron chi connectivity index (χ1n) is 9.01. The molecule has 0 atom stereocenters. The highest BCUT2D eigenvalue weighted by Crippen LogP contribution is 2.22. The molecule has 0 spiro atoms. The van der Waals surface area contributed by atoms with Crippen LogP contribution in [0.25, 0.3) is 0 Å². The molecular weight excluding hydrogens is 326 g/mol. The third-order valence-electron chi connectivity index (χ3n) is 4.21. The van der Waals surface area contributed by atoms with Crippen molar-refractivity contribution in [3.05, 3.63) is 59.7 Å². The number of hydrogen-bond donors (Lipinski definition) is 1. The van der Waals surface area contributed by atoms with Crippen LogP contribution in [0.15, 0.2) is 48.5 Å². The van der Waals surface area contributed by atoms with Crippen molar-refractivity contribution in [2.45, 2.75) is 39.0 Å². The van der Waals surface area contributed by atoms with E-state index in [0.717, 1.165) is 17.9 Å². The molecule has 0 aliphatic heterocycles. The smallest absolute Gasteiger partial charge is 0.220 e. The number of rotatable bonds is 8. The van der Waals surface area contributed by atoms with Gasteiger partial charge >= 0.3 is 0 Å². The van der Waals surface area contributed by atoms with E-state index in [4.69, 9.17) is 9.47 Å². The zero-order valence-corrected chi connectivity index (χ0v) is 16.2. The lowest BCUT2D eigenvalue weighted by Gasteiger charge is -2.19. The molecule has 0 heterocycles. The van der Waals surface area contributed by atoms with Gasteiger partial charge in [0.05, 0.1) is 13.7 Å². The van der Waals surface area contributed by atoms with Crippen LogP contribution in [0.1, 0.15) is 38.3 Å². The van der Waals surface area contributed by atoms with Gasteiger partial charge in [-0.3, -0.25) is 4.79 Å². The second kappa shape index (κ2) is 9.27. The molecule has 0 unspecified atom stereocenters. The molecule has 2 aromatic rings. The maximum atomic E-state index is 12.0. The summed E-state index contributed by atoms with van der Waals surface area (Å²) in [6.45, 7) is 7.53. The van der Waals surface area contributed by atoms with Gasteiger partial charge in [-0.05, 0) is 47.2 Å². The molecular formula is C22H29NO3. The largest absolute Gasteiger partial charge is 0.497 e. The fraction of sp³-hybridized carbons (Fsp3) is 0.409. The monoisotopic (exact) mass is 355 g/mol. The number of aryl methyl sites for hydroxylation is 1. The van der Waals surface area contributed by atoms with E-state index in [9.17, 15) is 4.79 Å². The third kappa shape index (κ3) is 6.43. The van der Waals surface area contributed by atoms with Crippen molar-refractivity contribution >= 4 is 5.91 Å². The van der Waals surface area contributed by atoms with Crippen molar-refractivity contribution in [1.29, 1.82) is 0 Å². The second-order valence-electron chi connectivity index (χ2n) is 7.32. The van der Waals surface area contributed by atoms with Crippen molar-refractivity contribution in [2.24, 2.45) is 0 Å². The molecule has 4 nitrogen and oxygen atoms in total. The van der Waals surface area contributed by atoms with Gasteiger partial charge in [-0.15, -0.1) is 0 Å². The molecule has 2 rings (SSSR count). The van der Waals surface area contributed by atoms with Gasteiger partial charge in [0, 0.05) is 6.42 Å². The molecule has 0 aliphatic carbocycles. The minimum atomic E-state index is 0.0447. The summed E-state index contributed by atoms with van der Waals surface area (Å²) in [4.78, 5) is 12.0. The van der Waals surface area contributed by atoms with Gasteiger partial charge in [-0.2, -0.15) is 0 Å². The number of carbonyl (C=O) groups is 1. The Morgan fingerprint density at radius 1 is 0.962 bits per heavy atom. The van der Waals surface area contributed by atoms with E-state index in [-0.39, 0.29) is 11.3 Å². The standard InChI is InChI=1S/C22H29NO3/c1-22(2,3)18-8-5-17(6-9-18)7-14-21(24)23-15-16-26-20-12-10-19(25-4)11-13-20/h5-6,8-13H,7,14-16H2,1-4H3,(H,23,24). The Morgan fingerprint density at radius 2 is 1.58 bits per heavy atom. The lowest BCUT2D eigenvalue weighted by atomic mass is 9.86. The molecule has 0 bridgehead atoms. The highest BCUT2D eigenvalue weighted by Gasteiger charge is 2.12. The minimum absolute atomic E-state index is 0.0447. The molecule has 0 aromatic heterocycles. The Hall–Kier alpha value is -2.49. The Kier molecular flexibility index (Phi) is 7.07. The summed E-state index contributed by atoms with van der Waals surface area (Å²) in [5, 5.41) is 2.89.